The summed E-state index contributed by atoms with van der Waals surface area (Å²) in [6.07, 6.45) is 3.45. The summed E-state index contributed by atoms with van der Waals surface area (Å²) < 4.78 is 0. The third kappa shape index (κ3) is 4.66. The average Bonchev–Trinajstić information content (AvgIpc) is 2.33. The van der Waals surface area contributed by atoms with Crippen molar-refractivity contribution in [3.05, 3.63) is 40.5 Å². The number of hydrogen-bond acceptors (Lipinski definition) is 1. The van der Waals surface area contributed by atoms with Crippen LogP contribution in [0.3, 0.4) is 0 Å². The highest BCUT2D eigenvalue weighted by atomic mass is 14.9. The molecule has 18 heavy (non-hydrogen) atoms. The van der Waals surface area contributed by atoms with Gasteiger partial charge in [-0.05, 0) is 49.4 Å². The first-order valence-corrected chi connectivity index (χ1v) is 7.01. The smallest absolute Gasteiger partial charge is 0.0167 e. The van der Waals surface area contributed by atoms with Crippen molar-refractivity contribution < 1.29 is 0 Å². The normalized spacial score (nSPS) is 12.2. The van der Waals surface area contributed by atoms with Gasteiger partial charge in [-0.1, -0.05) is 50.6 Å². The van der Waals surface area contributed by atoms with E-state index in [9.17, 15) is 0 Å². The molecule has 0 amide bonds. The predicted octanol–water partition coefficient (Wildman–Crippen LogP) is 4.34. The average molecular weight is 245 g/mol. The highest BCUT2D eigenvalue weighted by Gasteiger charge is 2.01. The minimum absolute atomic E-state index is 0.712. The summed E-state index contributed by atoms with van der Waals surface area (Å²) in [6, 6.07) is 6.53. The van der Waals surface area contributed by atoms with Gasteiger partial charge in [0, 0.05) is 6.54 Å². The molecular formula is C17H27N. The van der Waals surface area contributed by atoms with E-state index in [-0.39, 0.29) is 0 Å². The molecule has 0 saturated heterocycles. The Morgan fingerprint density at radius 3 is 2.61 bits per heavy atom. The van der Waals surface area contributed by atoms with Crippen molar-refractivity contribution in [2.24, 2.45) is 5.92 Å². The fourth-order valence-electron chi connectivity index (χ4n) is 1.95. The molecule has 1 aromatic carbocycles. The second-order valence-corrected chi connectivity index (χ2v) is 5.47. The highest BCUT2D eigenvalue weighted by Crippen LogP contribution is 2.17. The van der Waals surface area contributed by atoms with Crippen LogP contribution in [-0.4, -0.2) is 13.1 Å². The van der Waals surface area contributed by atoms with E-state index in [0.717, 1.165) is 19.5 Å². The van der Waals surface area contributed by atoms with E-state index in [1.807, 2.05) is 0 Å². The maximum Gasteiger partial charge on any atom is 0.0167 e. The topological polar surface area (TPSA) is 12.0 Å². The molecule has 0 fully saturated rings. The molecule has 0 bridgehead atoms. The minimum atomic E-state index is 0.712. The first kappa shape index (κ1) is 15.0. The van der Waals surface area contributed by atoms with Gasteiger partial charge < -0.3 is 5.32 Å². The lowest BCUT2D eigenvalue weighted by Gasteiger charge is -2.11. The molecule has 0 spiro atoms. The van der Waals surface area contributed by atoms with Gasteiger partial charge in [0.15, 0.2) is 0 Å². The zero-order valence-electron chi connectivity index (χ0n) is 12.5. The molecule has 0 unspecified atom stereocenters. The third-order valence-corrected chi connectivity index (χ3v) is 3.36. The van der Waals surface area contributed by atoms with Crippen LogP contribution < -0.4 is 5.32 Å². The molecule has 0 radical (unpaired) electrons. The zero-order chi connectivity index (χ0) is 13.5. The molecule has 0 aliphatic carbocycles. The number of hydrogen-bond donors (Lipinski definition) is 1. The van der Waals surface area contributed by atoms with Crippen LogP contribution in [0.4, 0.5) is 0 Å². The van der Waals surface area contributed by atoms with Gasteiger partial charge in [-0.25, -0.2) is 0 Å². The van der Waals surface area contributed by atoms with Crippen LogP contribution in [0, 0.1) is 19.8 Å². The van der Waals surface area contributed by atoms with E-state index < -0.39 is 0 Å². The van der Waals surface area contributed by atoms with E-state index in [2.05, 4.69) is 64.2 Å². The lowest BCUT2D eigenvalue weighted by atomic mass is 10.0. The Balaban J connectivity index is 2.74. The van der Waals surface area contributed by atoms with Gasteiger partial charge in [-0.15, -0.1) is 0 Å². The monoisotopic (exact) mass is 245 g/mol. The molecule has 0 aliphatic rings. The van der Waals surface area contributed by atoms with Gasteiger partial charge >= 0.3 is 0 Å². The zero-order valence-corrected chi connectivity index (χ0v) is 12.5. The first-order chi connectivity index (χ1) is 8.54. The lowest BCUT2D eigenvalue weighted by Crippen LogP contribution is -2.21. The lowest BCUT2D eigenvalue weighted by molar-refractivity contribution is 0.569. The van der Waals surface area contributed by atoms with Crippen LogP contribution in [-0.2, 0) is 0 Å². The van der Waals surface area contributed by atoms with Gasteiger partial charge in [-0.2, -0.15) is 0 Å². The molecule has 1 rings (SSSR count). The molecule has 100 valence electrons. The first-order valence-electron chi connectivity index (χ1n) is 7.01. The van der Waals surface area contributed by atoms with Crippen LogP contribution in [0.15, 0.2) is 23.8 Å². The van der Waals surface area contributed by atoms with Crippen molar-refractivity contribution >= 4 is 6.08 Å². The van der Waals surface area contributed by atoms with E-state index in [4.69, 9.17) is 0 Å². The fraction of sp³-hybridized carbons (Fsp3) is 0.529. The van der Waals surface area contributed by atoms with Crippen molar-refractivity contribution in [2.45, 2.75) is 41.0 Å². The van der Waals surface area contributed by atoms with Crippen molar-refractivity contribution in [1.82, 2.24) is 5.32 Å². The van der Waals surface area contributed by atoms with Crippen LogP contribution >= 0.6 is 0 Å². The van der Waals surface area contributed by atoms with Crippen molar-refractivity contribution in [3.63, 3.8) is 0 Å². The quantitative estimate of drug-likeness (QED) is 0.786. The largest absolute Gasteiger partial charge is 0.313 e. The third-order valence-electron chi connectivity index (χ3n) is 3.36. The van der Waals surface area contributed by atoms with Gasteiger partial charge in [0.1, 0.15) is 0 Å². The summed E-state index contributed by atoms with van der Waals surface area (Å²) in [5, 5.41) is 3.52. The molecule has 0 aromatic heterocycles. The number of nitrogens with one attached hydrogen (secondary N) is 1. The molecule has 1 nitrogen and oxygen atoms in total. The second-order valence-electron chi connectivity index (χ2n) is 5.47. The molecule has 1 heteroatoms. The van der Waals surface area contributed by atoms with Crippen LogP contribution in [0.2, 0.25) is 0 Å². The fourth-order valence-corrected chi connectivity index (χ4v) is 1.95. The van der Waals surface area contributed by atoms with Crippen LogP contribution in [0.25, 0.3) is 6.08 Å². The molecule has 1 N–H and O–H groups in total. The molecule has 0 saturated carbocycles. The Morgan fingerprint density at radius 2 is 2.00 bits per heavy atom. The highest BCUT2D eigenvalue weighted by molar-refractivity contribution is 5.58. The standard InChI is InChI=1S/C17H27N/c1-6-16(12-18-11-13(2)3)10-17-9-7-8-14(4)15(17)5/h7-10,13,18H,6,11-12H2,1-5H3. The Kier molecular flexibility index (Phi) is 6.14. The minimum Gasteiger partial charge on any atom is -0.313 e. The maximum absolute atomic E-state index is 3.52. The Labute approximate surface area is 112 Å². The van der Waals surface area contributed by atoms with E-state index in [0.29, 0.717) is 5.92 Å². The summed E-state index contributed by atoms with van der Waals surface area (Å²) in [5.41, 5.74) is 5.60. The SMILES string of the molecule is CCC(=Cc1cccc(C)c1C)CNCC(C)C. The summed E-state index contributed by atoms with van der Waals surface area (Å²) in [6.45, 7) is 13.2. The second kappa shape index (κ2) is 7.38. The molecular weight excluding hydrogens is 218 g/mol. The maximum atomic E-state index is 3.52. The van der Waals surface area contributed by atoms with Gasteiger partial charge in [0.25, 0.3) is 0 Å². The van der Waals surface area contributed by atoms with E-state index in [1.54, 1.807) is 0 Å². The molecule has 0 heterocycles. The number of rotatable bonds is 6. The molecule has 1 aromatic rings. The van der Waals surface area contributed by atoms with Gasteiger partial charge in [-0.3, -0.25) is 0 Å². The van der Waals surface area contributed by atoms with Crippen molar-refractivity contribution in [1.29, 1.82) is 0 Å². The van der Waals surface area contributed by atoms with E-state index >= 15 is 0 Å². The van der Waals surface area contributed by atoms with Crippen LogP contribution in [0.5, 0.6) is 0 Å². The molecule has 0 aliphatic heterocycles. The number of benzene rings is 1. The summed E-state index contributed by atoms with van der Waals surface area (Å²) in [7, 11) is 0. The Hall–Kier alpha value is -1.08. The molecule has 0 atom stereocenters. The van der Waals surface area contributed by atoms with Crippen LogP contribution in [0.1, 0.15) is 43.9 Å². The number of aryl methyl sites for hydroxylation is 1. The van der Waals surface area contributed by atoms with E-state index in [1.165, 1.54) is 22.3 Å². The Morgan fingerprint density at radius 1 is 1.28 bits per heavy atom. The summed E-state index contributed by atoms with van der Waals surface area (Å²) >= 11 is 0. The predicted molar refractivity (Wildman–Crippen MR) is 81.9 cm³/mol. The van der Waals surface area contributed by atoms with Crippen molar-refractivity contribution in [2.75, 3.05) is 13.1 Å². The summed E-state index contributed by atoms with van der Waals surface area (Å²) in [5.74, 6) is 0.712. The Bertz CT molecular complexity index is 402. The van der Waals surface area contributed by atoms with Gasteiger partial charge in [0.05, 0.1) is 0 Å². The van der Waals surface area contributed by atoms with Crippen molar-refractivity contribution in [3.8, 4) is 0 Å². The summed E-state index contributed by atoms with van der Waals surface area (Å²) in [4.78, 5) is 0. The van der Waals surface area contributed by atoms with Gasteiger partial charge in [0.2, 0.25) is 0 Å².